The quantitative estimate of drug-likeness (QED) is 0.270. The van der Waals surface area contributed by atoms with Gasteiger partial charge < -0.3 is 14.2 Å². The molecule has 1 fully saturated rings. The molecule has 8 nitrogen and oxygen atoms in total. The van der Waals surface area contributed by atoms with E-state index in [2.05, 4.69) is 34.1 Å². The van der Waals surface area contributed by atoms with Crippen LogP contribution < -0.4 is 9.47 Å². The van der Waals surface area contributed by atoms with E-state index in [1.165, 1.54) is 20.4 Å². The summed E-state index contributed by atoms with van der Waals surface area (Å²) in [5, 5.41) is 5.48. The Bertz CT molecular complexity index is 1400. The molecule has 3 aliphatic carbocycles. The predicted molar refractivity (Wildman–Crippen MR) is 139 cm³/mol. The van der Waals surface area contributed by atoms with Crippen LogP contribution in [0, 0.1) is 11.8 Å². The molecule has 38 heavy (non-hydrogen) atoms. The predicted octanol–water partition coefficient (Wildman–Crippen LogP) is 4.13. The molecule has 0 radical (unpaired) electrons. The smallest absolute Gasteiger partial charge is 0.343 e. The largest absolute Gasteiger partial charge is 0.493 e. The number of rotatable bonds is 6. The molecule has 2 atom stereocenters. The number of halogens is 1. The zero-order valence-corrected chi connectivity index (χ0v) is 21.3. The number of imide groups is 1. The van der Waals surface area contributed by atoms with Crippen molar-refractivity contribution >= 4 is 35.6 Å². The van der Waals surface area contributed by atoms with E-state index in [4.69, 9.17) is 21.1 Å². The summed E-state index contributed by atoms with van der Waals surface area (Å²) in [5.41, 5.74) is 4.89. The third kappa shape index (κ3) is 3.59. The maximum atomic E-state index is 13.7. The van der Waals surface area contributed by atoms with E-state index in [1.54, 1.807) is 12.1 Å². The van der Waals surface area contributed by atoms with Crippen molar-refractivity contribution < 1.29 is 28.6 Å². The second-order valence-corrected chi connectivity index (χ2v) is 9.80. The minimum absolute atomic E-state index is 0.170. The van der Waals surface area contributed by atoms with Crippen LogP contribution in [0.2, 0.25) is 5.02 Å². The summed E-state index contributed by atoms with van der Waals surface area (Å²) in [5.74, 6) is -2.19. The topological polar surface area (TPSA) is 94.5 Å². The second-order valence-electron chi connectivity index (χ2n) is 9.40. The first-order valence-electron chi connectivity index (χ1n) is 12.1. The highest BCUT2D eigenvalue weighted by atomic mass is 35.5. The zero-order valence-electron chi connectivity index (χ0n) is 20.6. The highest BCUT2D eigenvalue weighted by Gasteiger charge is 2.61. The molecule has 1 saturated heterocycles. The van der Waals surface area contributed by atoms with Crippen LogP contribution >= 0.6 is 11.6 Å². The summed E-state index contributed by atoms with van der Waals surface area (Å²) in [6.07, 6.45) is 1.40. The molecule has 192 valence electrons. The maximum absolute atomic E-state index is 13.7. The van der Waals surface area contributed by atoms with Crippen molar-refractivity contribution in [1.82, 2.24) is 5.01 Å². The SMILES string of the molecule is COC(=O)COc1c(Cl)cc(/C=N\N2C(=O)[C@@H]3C4c5ccccc5C(c5ccccc54)[C@@H]3C2=O)cc1OC. The molecular formula is C29H23ClN2O6. The molecule has 1 aliphatic heterocycles. The Labute approximate surface area is 223 Å². The van der Waals surface area contributed by atoms with Gasteiger partial charge in [0.25, 0.3) is 11.8 Å². The van der Waals surface area contributed by atoms with Gasteiger partial charge in [-0.3, -0.25) is 9.59 Å². The van der Waals surface area contributed by atoms with Crippen molar-refractivity contribution in [2.24, 2.45) is 16.9 Å². The van der Waals surface area contributed by atoms with Crippen LogP contribution in [0.25, 0.3) is 0 Å². The Balaban J connectivity index is 1.32. The minimum atomic E-state index is -0.570. The van der Waals surface area contributed by atoms with Crippen LogP contribution in [0.15, 0.2) is 65.8 Å². The van der Waals surface area contributed by atoms with Gasteiger partial charge in [-0.1, -0.05) is 60.1 Å². The Hall–Kier alpha value is -4.17. The zero-order chi connectivity index (χ0) is 26.6. The highest BCUT2D eigenvalue weighted by molar-refractivity contribution is 6.32. The Morgan fingerprint density at radius 3 is 1.92 bits per heavy atom. The summed E-state index contributed by atoms with van der Waals surface area (Å²) in [4.78, 5) is 38.8. The molecule has 0 spiro atoms. The molecule has 0 unspecified atom stereocenters. The van der Waals surface area contributed by atoms with Crippen LogP contribution in [0.1, 0.15) is 39.7 Å². The normalized spacial score (nSPS) is 22.8. The number of methoxy groups -OCH3 is 2. The lowest BCUT2D eigenvalue weighted by Gasteiger charge is -2.45. The number of nitrogens with zero attached hydrogens (tertiary/aromatic N) is 2. The van der Waals surface area contributed by atoms with Crippen LogP contribution in [0.5, 0.6) is 11.5 Å². The van der Waals surface area contributed by atoms with E-state index in [-0.39, 0.29) is 46.8 Å². The summed E-state index contributed by atoms with van der Waals surface area (Å²) < 4.78 is 15.4. The van der Waals surface area contributed by atoms with Gasteiger partial charge in [-0.25, -0.2) is 4.79 Å². The standard InChI is InChI=1S/C29H23ClN2O6/c1-36-21-12-15(11-20(30)27(21)38-14-22(33)37-2)13-31-32-28(34)25-23-16-7-3-4-8-17(16)24(26(25)29(32)35)19-10-6-5-9-18(19)23/h3-13,23-26H,14H2,1-2H3/b31-13-/t23?,24?,25-,26+. The van der Waals surface area contributed by atoms with Gasteiger partial charge in [-0.05, 0) is 39.9 Å². The van der Waals surface area contributed by atoms with Gasteiger partial charge in [-0.2, -0.15) is 10.1 Å². The van der Waals surface area contributed by atoms with Crippen LogP contribution in [0.3, 0.4) is 0 Å². The molecule has 0 saturated carbocycles. The van der Waals surface area contributed by atoms with Crippen molar-refractivity contribution in [1.29, 1.82) is 0 Å². The van der Waals surface area contributed by atoms with Gasteiger partial charge in [0.15, 0.2) is 18.1 Å². The lowest BCUT2D eigenvalue weighted by Crippen LogP contribution is -2.41. The number of ether oxygens (including phenoxy) is 3. The lowest BCUT2D eigenvalue weighted by atomic mass is 9.55. The molecule has 3 aromatic rings. The number of hydrogen-bond donors (Lipinski definition) is 0. The van der Waals surface area contributed by atoms with E-state index in [0.717, 1.165) is 27.3 Å². The van der Waals surface area contributed by atoms with Crippen LogP contribution in [-0.4, -0.2) is 49.8 Å². The van der Waals surface area contributed by atoms with Gasteiger partial charge in [0.1, 0.15) is 0 Å². The molecular weight excluding hydrogens is 508 g/mol. The van der Waals surface area contributed by atoms with Crippen molar-refractivity contribution in [3.63, 3.8) is 0 Å². The molecule has 1 heterocycles. The second kappa shape index (κ2) is 9.29. The first kappa shape index (κ1) is 24.2. The van der Waals surface area contributed by atoms with E-state index in [9.17, 15) is 14.4 Å². The fraction of sp³-hybridized carbons (Fsp3) is 0.241. The van der Waals surface area contributed by atoms with Crippen molar-refractivity contribution in [3.8, 4) is 11.5 Å². The first-order chi connectivity index (χ1) is 18.4. The molecule has 2 amide bonds. The van der Waals surface area contributed by atoms with Crippen molar-refractivity contribution in [3.05, 3.63) is 93.5 Å². The third-order valence-corrected chi connectivity index (χ3v) is 7.84. The number of amides is 2. The number of carbonyl (C=O) groups excluding carboxylic acids is 3. The number of esters is 1. The molecule has 7 rings (SSSR count). The van der Waals surface area contributed by atoms with Crippen LogP contribution in [0.4, 0.5) is 0 Å². The Morgan fingerprint density at radius 2 is 1.45 bits per heavy atom. The van der Waals surface area contributed by atoms with Crippen LogP contribution in [-0.2, 0) is 19.1 Å². The van der Waals surface area contributed by atoms with E-state index in [1.807, 2.05) is 24.3 Å². The molecule has 3 aromatic carbocycles. The monoisotopic (exact) mass is 530 g/mol. The van der Waals surface area contributed by atoms with Crippen molar-refractivity contribution in [2.45, 2.75) is 11.8 Å². The highest BCUT2D eigenvalue weighted by Crippen LogP contribution is 2.61. The average Bonchev–Trinajstić information content (AvgIpc) is 3.20. The third-order valence-electron chi connectivity index (χ3n) is 7.56. The summed E-state index contributed by atoms with van der Waals surface area (Å²) in [6.45, 7) is -0.341. The van der Waals surface area contributed by atoms with Crippen molar-refractivity contribution in [2.75, 3.05) is 20.8 Å². The minimum Gasteiger partial charge on any atom is -0.493 e. The van der Waals surface area contributed by atoms with E-state index in [0.29, 0.717) is 5.56 Å². The molecule has 0 aromatic heterocycles. The molecule has 4 aliphatic rings. The first-order valence-corrected chi connectivity index (χ1v) is 12.5. The number of hydrogen-bond acceptors (Lipinski definition) is 7. The molecule has 2 bridgehead atoms. The number of benzene rings is 3. The van der Waals surface area contributed by atoms with Gasteiger partial charge in [0.2, 0.25) is 0 Å². The lowest BCUT2D eigenvalue weighted by molar-refractivity contribution is -0.143. The average molecular weight is 531 g/mol. The maximum Gasteiger partial charge on any atom is 0.343 e. The summed E-state index contributed by atoms with van der Waals surface area (Å²) in [6, 6.07) is 19.3. The Kier molecular flexibility index (Phi) is 5.91. The Morgan fingerprint density at radius 1 is 0.921 bits per heavy atom. The van der Waals surface area contributed by atoms with Gasteiger partial charge in [0.05, 0.1) is 37.3 Å². The fourth-order valence-corrected chi connectivity index (χ4v) is 6.32. The van der Waals surface area contributed by atoms with Gasteiger partial charge in [0, 0.05) is 11.8 Å². The molecule has 0 N–H and O–H groups in total. The molecule has 9 heteroatoms. The van der Waals surface area contributed by atoms with E-state index >= 15 is 0 Å². The summed E-state index contributed by atoms with van der Waals surface area (Å²) in [7, 11) is 2.69. The summed E-state index contributed by atoms with van der Waals surface area (Å²) >= 11 is 6.38. The fourth-order valence-electron chi connectivity index (χ4n) is 6.04. The number of hydrazone groups is 1. The van der Waals surface area contributed by atoms with Gasteiger partial charge in [-0.15, -0.1) is 0 Å². The van der Waals surface area contributed by atoms with E-state index < -0.39 is 17.8 Å². The van der Waals surface area contributed by atoms with Gasteiger partial charge >= 0.3 is 5.97 Å². The number of carbonyl (C=O) groups is 3.